The molecule has 0 amide bonds. The molecule has 3 aliphatic rings. The number of rotatable bonds is 2. The summed E-state index contributed by atoms with van der Waals surface area (Å²) < 4.78 is 5.86. The van der Waals surface area contributed by atoms with Crippen molar-refractivity contribution < 1.29 is 20.3 Å². The predicted molar refractivity (Wildman–Crippen MR) is 84.2 cm³/mol. The van der Waals surface area contributed by atoms with Gasteiger partial charge in [0, 0.05) is 0 Å². The van der Waals surface area contributed by atoms with E-state index in [9.17, 15) is 0 Å². The van der Waals surface area contributed by atoms with Gasteiger partial charge in [-0.05, 0) is 0 Å². The van der Waals surface area contributed by atoms with Gasteiger partial charge < -0.3 is 0 Å². The molecule has 0 nitrogen and oxygen atoms in total. The van der Waals surface area contributed by atoms with E-state index < -0.39 is 20.3 Å². The first kappa shape index (κ1) is 15.3. The van der Waals surface area contributed by atoms with Crippen LogP contribution in [0.15, 0.2) is 51.9 Å². The summed E-state index contributed by atoms with van der Waals surface area (Å²) in [5.74, 6) is 0. The molecule has 4 rings (SSSR count). The Balaban J connectivity index is 0.000000667. The van der Waals surface area contributed by atoms with Crippen LogP contribution in [0.2, 0.25) is 8.26 Å². The summed E-state index contributed by atoms with van der Waals surface area (Å²) in [6.45, 7) is 0. The van der Waals surface area contributed by atoms with E-state index in [0.717, 1.165) is 3.63 Å². The maximum Gasteiger partial charge on any atom is -0.147 e. The van der Waals surface area contributed by atoms with E-state index in [1.807, 2.05) is 3.28 Å². The van der Waals surface area contributed by atoms with Crippen molar-refractivity contribution in [2.24, 2.45) is 0 Å². The van der Waals surface area contributed by atoms with Crippen molar-refractivity contribution in [3.8, 4) is 0 Å². The maximum atomic E-state index is 2.52. The predicted octanol–water partition coefficient (Wildman–Crippen LogP) is 5.45. The summed E-state index contributed by atoms with van der Waals surface area (Å²) in [4.78, 5) is 0. The van der Waals surface area contributed by atoms with Gasteiger partial charge in [0.2, 0.25) is 0 Å². The third-order valence-corrected chi connectivity index (χ3v) is 16.7. The molecule has 0 bridgehead atoms. The van der Waals surface area contributed by atoms with Crippen LogP contribution in [0.3, 0.4) is 0 Å². The molecule has 0 radical (unpaired) electrons. The van der Waals surface area contributed by atoms with Gasteiger partial charge in [-0.25, -0.2) is 0 Å². The van der Waals surface area contributed by atoms with Gasteiger partial charge >= 0.3 is 108 Å². The van der Waals surface area contributed by atoms with Crippen LogP contribution in [0, 0.1) is 0 Å². The molecule has 0 saturated carbocycles. The monoisotopic (exact) mass is 370 g/mol. The van der Waals surface area contributed by atoms with Crippen LogP contribution < -0.4 is 0 Å². The van der Waals surface area contributed by atoms with E-state index in [-0.39, 0.29) is 24.8 Å². The normalized spacial score (nSPS) is 24.2. The number of hydrogen-bond donors (Lipinski definition) is 0. The van der Waals surface area contributed by atoms with Crippen molar-refractivity contribution >= 4 is 30.9 Å². The number of halogens is 2. The van der Waals surface area contributed by atoms with Gasteiger partial charge in [-0.15, -0.1) is 24.8 Å². The van der Waals surface area contributed by atoms with E-state index in [4.69, 9.17) is 0 Å². The standard InChI is InChI=1S/C9H7.C5H5.C2H4.2ClH.Zr/c1-2-5-9-7-3-6-8(9)4-1;1-2-4-5-3-1;1-2;;;/h1-7H;1-3H,4H2;1-2H2;2*1H;. The zero-order valence-electron chi connectivity index (χ0n) is 10.7. The Kier molecular flexibility index (Phi) is 4.60. The summed E-state index contributed by atoms with van der Waals surface area (Å²) >= 11 is -1.94. The van der Waals surface area contributed by atoms with Crippen molar-refractivity contribution in [2.45, 2.75) is 18.3 Å². The minimum Gasteiger partial charge on any atom is -0.147 e. The van der Waals surface area contributed by atoms with E-state index in [0.29, 0.717) is 0 Å². The van der Waals surface area contributed by atoms with Gasteiger partial charge in [0.1, 0.15) is 0 Å². The first-order chi connectivity index (χ1) is 8.40. The molecule has 1 fully saturated rings. The van der Waals surface area contributed by atoms with Gasteiger partial charge in [-0.2, -0.15) is 0 Å². The van der Waals surface area contributed by atoms with Crippen LogP contribution in [0.25, 0.3) is 6.08 Å². The molecule has 1 heterocycles. The SMILES string of the molecule is C1=CC[C]([Zr]2([CH]3C=Cc4ccccc43)[CH2][CH2]2)=C1.Cl.Cl. The Labute approximate surface area is 131 Å². The molecule has 100 valence electrons. The van der Waals surface area contributed by atoms with Crippen molar-refractivity contribution in [1.29, 1.82) is 0 Å². The van der Waals surface area contributed by atoms with Crippen LogP contribution in [0.1, 0.15) is 21.2 Å². The van der Waals surface area contributed by atoms with E-state index >= 15 is 0 Å². The van der Waals surface area contributed by atoms with Crippen LogP contribution in [-0.2, 0) is 20.3 Å². The average molecular weight is 372 g/mol. The van der Waals surface area contributed by atoms with Crippen molar-refractivity contribution in [3.63, 3.8) is 0 Å². The molecule has 1 aliphatic heterocycles. The van der Waals surface area contributed by atoms with Gasteiger partial charge in [0.25, 0.3) is 0 Å². The summed E-state index contributed by atoms with van der Waals surface area (Å²) in [5, 5.41) is 0. The Hall–Kier alpha value is -0.0969. The van der Waals surface area contributed by atoms with Gasteiger partial charge in [0.05, 0.1) is 0 Å². The van der Waals surface area contributed by atoms with Crippen molar-refractivity contribution in [2.75, 3.05) is 0 Å². The third-order valence-electron chi connectivity index (χ3n) is 4.59. The molecular formula is C16H18Cl2Zr. The molecule has 1 unspecified atom stereocenters. The van der Waals surface area contributed by atoms with Crippen LogP contribution in [0.5, 0.6) is 0 Å². The summed E-state index contributed by atoms with van der Waals surface area (Å²) in [7, 11) is 0. The van der Waals surface area contributed by atoms with E-state index in [2.05, 4.69) is 54.6 Å². The van der Waals surface area contributed by atoms with Gasteiger partial charge in [0.15, 0.2) is 0 Å². The Morgan fingerprint density at radius 2 is 1.84 bits per heavy atom. The number of hydrogen-bond acceptors (Lipinski definition) is 0. The van der Waals surface area contributed by atoms with Crippen LogP contribution in [0.4, 0.5) is 0 Å². The van der Waals surface area contributed by atoms with Gasteiger partial charge in [-0.3, -0.25) is 0 Å². The molecule has 19 heavy (non-hydrogen) atoms. The van der Waals surface area contributed by atoms with Crippen molar-refractivity contribution in [3.05, 3.63) is 63.0 Å². The summed E-state index contributed by atoms with van der Waals surface area (Å²) in [5.41, 5.74) is 3.11. The largest absolute Gasteiger partial charge is 0.147 e. The molecule has 1 aromatic carbocycles. The smallest absolute Gasteiger partial charge is 0.147 e. The second-order valence-corrected chi connectivity index (χ2v) is 16.7. The topological polar surface area (TPSA) is 0 Å². The Morgan fingerprint density at radius 3 is 2.53 bits per heavy atom. The van der Waals surface area contributed by atoms with Gasteiger partial charge in [-0.1, -0.05) is 0 Å². The molecule has 1 saturated heterocycles. The Morgan fingerprint density at radius 1 is 1.05 bits per heavy atom. The fourth-order valence-electron chi connectivity index (χ4n) is 3.51. The van der Waals surface area contributed by atoms with Crippen molar-refractivity contribution in [1.82, 2.24) is 0 Å². The zero-order chi connectivity index (χ0) is 11.3. The average Bonchev–Trinajstić information content (AvgIpc) is 2.85. The third kappa shape index (κ3) is 2.35. The second-order valence-electron chi connectivity index (χ2n) is 5.45. The quantitative estimate of drug-likeness (QED) is 0.648. The minimum atomic E-state index is -1.94. The fourth-order valence-corrected chi connectivity index (χ4v) is 17.8. The molecule has 3 heteroatoms. The number of allylic oxidation sites excluding steroid dienone is 5. The summed E-state index contributed by atoms with van der Waals surface area (Å²) in [6, 6.07) is 9.01. The molecule has 0 aromatic heterocycles. The Bertz CT molecular complexity index is 568. The molecule has 2 aliphatic carbocycles. The van der Waals surface area contributed by atoms with E-state index in [1.165, 1.54) is 12.0 Å². The second kappa shape index (κ2) is 5.72. The first-order valence-corrected chi connectivity index (χ1v) is 12.7. The first-order valence-electron chi connectivity index (χ1n) is 6.53. The number of fused-ring (bicyclic) bond motifs is 1. The molecule has 1 aromatic rings. The molecular weight excluding hydrogens is 354 g/mol. The fraction of sp³-hybridized carbons (Fsp3) is 0.250. The molecule has 1 atom stereocenters. The molecule has 0 N–H and O–H groups in total. The summed E-state index contributed by atoms with van der Waals surface area (Å²) in [6.07, 6.45) is 13.2. The van der Waals surface area contributed by atoms with Crippen LogP contribution in [-0.4, -0.2) is 0 Å². The number of benzene rings is 1. The van der Waals surface area contributed by atoms with E-state index in [1.54, 1.807) is 13.8 Å². The zero-order valence-corrected chi connectivity index (χ0v) is 14.8. The maximum absolute atomic E-state index is 2.52. The molecule has 0 spiro atoms. The minimum absolute atomic E-state index is 0. The van der Waals surface area contributed by atoms with Crippen LogP contribution >= 0.6 is 24.8 Å².